The van der Waals surface area contributed by atoms with Crippen molar-refractivity contribution in [3.05, 3.63) is 11.9 Å². The second-order valence-electron chi connectivity index (χ2n) is 3.05. The van der Waals surface area contributed by atoms with E-state index < -0.39 is 0 Å². The minimum absolute atomic E-state index is 0.441. The standard InChI is InChI=1S/C9H17N3O2/c1-3-4-13-5-6-14-8-12-7-9(2)10-11-12/h7H,3-6,8H2,1-2H3. The number of hydrogen-bond donors (Lipinski definition) is 0. The smallest absolute Gasteiger partial charge is 0.141 e. The van der Waals surface area contributed by atoms with Crippen LogP contribution in [0.4, 0.5) is 0 Å². The second-order valence-corrected chi connectivity index (χ2v) is 3.05. The molecule has 0 spiro atoms. The molecule has 0 saturated carbocycles. The molecule has 14 heavy (non-hydrogen) atoms. The third-order valence-electron chi connectivity index (χ3n) is 1.60. The minimum Gasteiger partial charge on any atom is -0.379 e. The van der Waals surface area contributed by atoms with Crippen molar-refractivity contribution in [2.24, 2.45) is 0 Å². The lowest BCUT2D eigenvalue weighted by Gasteiger charge is -2.03. The molecule has 5 heteroatoms. The van der Waals surface area contributed by atoms with Gasteiger partial charge in [0.25, 0.3) is 0 Å². The molecule has 0 radical (unpaired) electrons. The van der Waals surface area contributed by atoms with Gasteiger partial charge in [-0.3, -0.25) is 0 Å². The molecule has 0 N–H and O–H groups in total. The molecule has 1 rings (SSSR count). The second kappa shape index (κ2) is 6.50. The van der Waals surface area contributed by atoms with Gasteiger partial charge in [-0.2, -0.15) is 0 Å². The first-order valence-corrected chi connectivity index (χ1v) is 4.85. The number of aromatic nitrogens is 3. The van der Waals surface area contributed by atoms with Gasteiger partial charge >= 0.3 is 0 Å². The topological polar surface area (TPSA) is 49.2 Å². The van der Waals surface area contributed by atoms with E-state index in [0.717, 1.165) is 18.7 Å². The van der Waals surface area contributed by atoms with E-state index in [1.807, 2.05) is 13.1 Å². The van der Waals surface area contributed by atoms with E-state index in [2.05, 4.69) is 17.2 Å². The first-order chi connectivity index (χ1) is 6.83. The van der Waals surface area contributed by atoms with Crippen LogP contribution >= 0.6 is 0 Å². The SMILES string of the molecule is CCCOCCOCn1cc(C)nn1. The van der Waals surface area contributed by atoms with Gasteiger partial charge < -0.3 is 9.47 Å². The van der Waals surface area contributed by atoms with Crippen LogP contribution in [0.2, 0.25) is 0 Å². The van der Waals surface area contributed by atoms with E-state index in [4.69, 9.17) is 9.47 Å². The fraction of sp³-hybridized carbons (Fsp3) is 0.778. The quantitative estimate of drug-likeness (QED) is 0.614. The van der Waals surface area contributed by atoms with Gasteiger partial charge in [0.1, 0.15) is 6.73 Å². The molecule has 0 aromatic carbocycles. The molecule has 0 aliphatic rings. The van der Waals surface area contributed by atoms with Crippen LogP contribution in [0, 0.1) is 6.92 Å². The van der Waals surface area contributed by atoms with Gasteiger partial charge in [-0.05, 0) is 13.3 Å². The fourth-order valence-electron chi connectivity index (χ4n) is 0.981. The molecule has 1 aromatic rings. The highest BCUT2D eigenvalue weighted by Crippen LogP contribution is 1.90. The van der Waals surface area contributed by atoms with E-state index in [-0.39, 0.29) is 0 Å². The van der Waals surface area contributed by atoms with E-state index in [9.17, 15) is 0 Å². The summed E-state index contributed by atoms with van der Waals surface area (Å²) in [5.74, 6) is 0. The van der Waals surface area contributed by atoms with Gasteiger partial charge in [-0.1, -0.05) is 12.1 Å². The largest absolute Gasteiger partial charge is 0.379 e. The normalized spacial score (nSPS) is 10.7. The molecular formula is C9H17N3O2. The Morgan fingerprint density at radius 1 is 1.29 bits per heavy atom. The summed E-state index contributed by atoms with van der Waals surface area (Å²) < 4.78 is 12.2. The minimum atomic E-state index is 0.441. The Morgan fingerprint density at radius 2 is 2.07 bits per heavy atom. The van der Waals surface area contributed by atoms with Crippen molar-refractivity contribution in [3.8, 4) is 0 Å². The molecule has 1 heterocycles. The van der Waals surface area contributed by atoms with Gasteiger partial charge in [-0.25, -0.2) is 4.68 Å². The zero-order valence-corrected chi connectivity index (χ0v) is 8.77. The fourth-order valence-corrected chi connectivity index (χ4v) is 0.981. The zero-order valence-electron chi connectivity index (χ0n) is 8.77. The van der Waals surface area contributed by atoms with Crippen LogP contribution in [0.15, 0.2) is 6.20 Å². The highest BCUT2D eigenvalue weighted by Gasteiger charge is 1.94. The zero-order chi connectivity index (χ0) is 10.2. The average Bonchev–Trinajstić information content (AvgIpc) is 2.58. The van der Waals surface area contributed by atoms with Crippen LogP contribution in [0.25, 0.3) is 0 Å². The number of ether oxygens (including phenoxy) is 2. The molecule has 5 nitrogen and oxygen atoms in total. The van der Waals surface area contributed by atoms with Gasteiger partial charge in [-0.15, -0.1) is 5.10 Å². The first kappa shape index (κ1) is 11.1. The Morgan fingerprint density at radius 3 is 2.71 bits per heavy atom. The molecule has 80 valence electrons. The molecular weight excluding hydrogens is 182 g/mol. The molecule has 0 unspecified atom stereocenters. The number of rotatable bonds is 7. The molecule has 0 amide bonds. The maximum absolute atomic E-state index is 5.32. The Balaban J connectivity index is 1.99. The Hall–Kier alpha value is -0.940. The van der Waals surface area contributed by atoms with Crippen molar-refractivity contribution >= 4 is 0 Å². The summed E-state index contributed by atoms with van der Waals surface area (Å²) in [6.45, 7) is 6.45. The summed E-state index contributed by atoms with van der Waals surface area (Å²) in [4.78, 5) is 0. The highest BCUT2D eigenvalue weighted by molar-refractivity contribution is 4.85. The van der Waals surface area contributed by atoms with Crippen LogP contribution in [0.3, 0.4) is 0 Å². The van der Waals surface area contributed by atoms with Crippen molar-refractivity contribution in [1.29, 1.82) is 0 Å². The predicted octanol–water partition coefficient (Wildman–Crippen LogP) is 0.987. The third kappa shape index (κ3) is 4.34. The summed E-state index contributed by atoms with van der Waals surface area (Å²) in [6, 6.07) is 0. The summed E-state index contributed by atoms with van der Waals surface area (Å²) in [5, 5.41) is 7.70. The molecule has 0 atom stereocenters. The van der Waals surface area contributed by atoms with Crippen LogP contribution in [-0.2, 0) is 16.2 Å². The first-order valence-electron chi connectivity index (χ1n) is 4.85. The van der Waals surface area contributed by atoms with E-state index in [0.29, 0.717) is 19.9 Å². The van der Waals surface area contributed by atoms with Crippen molar-refractivity contribution in [2.45, 2.75) is 27.0 Å². The molecule has 1 aromatic heterocycles. The van der Waals surface area contributed by atoms with Crippen LogP contribution in [0.5, 0.6) is 0 Å². The van der Waals surface area contributed by atoms with E-state index >= 15 is 0 Å². The average molecular weight is 199 g/mol. The number of hydrogen-bond acceptors (Lipinski definition) is 4. The Kier molecular flexibility index (Phi) is 5.17. The lowest BCUT2D eigenvalue weighted by Crippen LogP contribution is -2.09. The molecule has 0 bridgehead atoms. The third-order valence-corrected chi connectivity index (χ3v) is 1.60. The number of aryl methyl sites for hydroxylation is 1. The molecule has 0 aliphatic carbocycles. The lowest BCUT2D eigenvalue weighted by atomic mass is 10.5. The lowest BCUT2D eigenvalue weighted by molar-refractivity contribution is 0.0141. The summed E-state index contributed by atoms with van der Waals surface area (Å²) in [7, 11) is 0. The molecule has 0 aliphatic heterocycles. The monoisotopic (exact) mass is 199 g/mol. The number of nitrogens with zero attached hydrogens (tertiary/aromatic N) is 3. The van der Waals surface area contributed by atoms with Gasteiger partial charge in [0.2, 0.25) is 0 Å². The van der Waals surface area contributed by atoms with Crippen LogP contribution in [-0.4, -0.2) is 34.8 Å². The highest BCUT2D eigenvalue weighted by atomic mass is 16.5. The predicted molar refractivity (Wildman–Crippen MR) is 51.8 cm³/mol. The van der Waals surface area contributed by atoms with Crippen molar-refractivity contribution in [2.75, 3.05) is 19.8 Å². The van der Waals surface area contributed by atoms with E-state index in [1.54, 1.807) is 4.68 Å². The van der Waals surface area contributed by atoms with Gasteiger partial charge in [0.05, 0.1) is 25.1 Å². The van der Waals surface area contributed by atoms with Gasteiger partial charge in [0.15, 0.2) is 0 Å². The summed E-state index contributed by atoms with van der Waals surface area (Å²) >= 11 is 0. The van der Waals surface area contributed by atoms with Crippen LogP contribution < -0.4 is 0 Å². The maximum atomic E-state index is 5.32. The van der Waals surface area contributed by atoms with Crippen LogP contribution in [0.1, 0.15) is 19.0 Å². The maximum Gasteiger partial charge on any atom is 0.141 e. The van der Waals surface area contributed by atoms with Gasteiger partial charge in [0, 0.05) is 6.61 Å². The van der Waals surface area contributed by atoms with E-state index in [1.165, 1.54) is 0 Å². The Bertz CT molecular complexity index is 250. The summed E-state index contributed by atoms with van der Waals surface area (Å²) in [5.41, 5.74) is 0.899. The van der Waals surface area contributed by atoms with Crippen molar-refractivity contribution in [1.82, 2.24) is 15.0 Å². The Labute approximate surface area is 84.0 Å². The van der Waals surface area contributed by atoms with Crippen molar-refractivity contribution in [3.63, 3.8) is 0 Å². The molecule has 0 saturated heterocycles. The summed E-state index contributed by atoms with van der Waals surface area (Å²) in [6.07, 6.45) is 2.88. The van der Waals surface area contributed by atoms with Crippen molar-refractivity contribution < 1.29 is 9.47 Å². The molecule has 0 fully saturated rings.